The van der Waals surface area contributed by atoms with E-state index in [2.05, 4.69) is 81.9 Å². The lowest BCUT2D eigenvalue weighted by atomic mass is 9.86. The van der Waals surface area contributed by atoms with Crippen molar-refractivity contribution in [2.24, 2.45) is 0 Å². The van der Waals surface area contributed by atoms with Gasteiger partial charge in [-0.1, -0.05) is 76.9 Å². The predicted octanol–water partition coefficient (Wildman–Crippen LogP) is 6.35. The van der Waals surface area contributed by atoms with Crippen LogP contribution < -0.4 is 4.74 Å². The lowest BCUT2D eigenvalue weighted by Gasteiger charge is -2.22. The summed E-state index contributed by atoms with van der Waals surface area (Å²) < 4.78 is 5.69. The normalized spacial score (nSPS) is 14.3. The molecule has 2 atom stereocenters. The molecular formula is C19H23Br2NO. The molecule has 0 amide bonds. The first-order chi connectivity index (χ1) is 10.8. The third kappa shape index (κ3) is 4.57. The van der Waals surface area contributed by atoms with Crippen LogP contribution in [0.1, 0.15) is 54.0 Å². The number of pyridine rings is 1. The second kappa shape index (κ2) is 7.80. The third-order valence-corrected chi connectivity index (χ3v) is 6.55. The molecule has 1 aromatic carbocycles. The average molecular weight is 441 g/mol. The minimum absolute atomic E-state index is 0.104. The van der Waals surface area contributed by atoms with E-state index in [-0.39, 0.29) is 15.1 Å². The molecule has 0 spiro atoms. The minimum Gasteiger partial charge on any atom is -0.492 e. The van der Waals surface area contributed by atoms with E-state index < -0.39 is 0 Å². The van der Waals surface area contributed by atoms with E-state index in [1.54, 1.807) is 12.4 Å². The summed E-state index contributed by atoms with van der Waals surface area (Å²) >= 11 is 7.64. The van der Waals surface area contributed by atoms with Gasteiger partial charge in [0.2, 0.25) is 0 Å². The highest BCUT2D eigenvalue weighted by molar-refractivity contribution is 9.12. The fourth-order valence-corrected chi connectivity index (χ4v) is 3.66. The highest BCUT2D eigenvalue weighted by atomic mass is 79.9. The number of hydrogen-bond acceptors (Lipinski definition) is 2. The quantitative estimate of drug-likeness (QED) is 0.505. The van der Waals surface area contributed by atoms with Gasteiger partial charge in [-0.2, -0.15) is 0 Å². The Balaban J connectivity index is 2.24. The molecule has 0 fully saturated rings. The molecule has 0 saturated carbocycles. The Bertz CT molecular complexity index is 635. The van der Waals surface area contributed by atoms with Crippen LogP contribution in [-0.4, -0.2) is 11.6 Å². The van der Waals surface area contributed by atoms with Crippen LogP contribution in [0.3, 0.4) is 0 Å². The zero-order valence-corrected chi connectivity index (χ0v) is 17.2. The molecule has 23 heavy (non-hydrogen) atoms. The van der Waals surface area contributed by atoms with Gasteiger partial charge in [0, 0.05) is 11.8 Å². The highest BCUT2D eigenvalue weighted by Gasteiger charge is 2.23. The number of aromatic nitrogens is 1. The van der Waals surface area contributed by atoms with Crippen molar-refractivity contribution >= 4 is 31.9 Å². The second-order valence-electron chi connectivity index (χ2n) is 6.52. The first kappa shape index (κ1) is 18.5. The molecular weight excluding hydrogens is 418 g/mol. The standard InChI is InChI=1S/C19H23Br2NO/c1-5-23-16-12-22-11-10-15(16)18(21)17(20)13-6-8-14(9-7-13)19(2,3)4/h6-12,17-18H,5H2,1-4H3. The molecule has 0 aliphatic heterocycles. The Labute approximate surface area is 155 Å². The summed E-state index contributed by atoms with van der Waals surface area (Å²) in [5.74, 6) is 0.827. The van der Waals surface area contributed by atoms with Crippen molar-refractivity contribution in [1.82, 2.24) is 4.98 Å². The molecule has 0 saturated heterocycles. The van der Waals surface area contributed by atoms with Crippen LogP contribution in [0.2, 0.25) is 0 Å². The molecule has 1 heterocycles. The van der Waals surface area contributed by atoms with Crippen molar-refractivity contribution < 1.29 is 4.74 Å². The van der Waals surface area contributed by atoms with Crippen molar-refractivity contribution in [2.45, 2.75) is 42.8 Å². The van der Waals surface area contributed by atoms with Gasteiger partial charge in [-0.3, -0.25) is 4.98 Å². The van der Waals surface area contributed by atoms with E-state index in [1.165, 1.54) is 11.1 Å². The fourth-order valence-electron chi connectivity index (χ4n) is 2.39. The molecule has 0 N–H and O–H groups in total. The van der Waals surface area contributed by atoms with E-state index in [0.717, 1.165) is 11.3 Å². The van der Waals surface area contributed by atoms with Crippen molar-refractivity contribution in [3.05, 3.63) is 59.4 Å². The number of hydrogen-bond donors (Lipinski definition) is 0. The molecule has 0 aliphatic carbocycles. The maximum atomic E-state index is 5.69. The van der Waals surface area contributed by atoms with Gasteiger partial charge in [-0.05, 0) is 29.5 Å². The largest absolute Gasteiger partial charge is 0.492 e. The smallest absolute Gasteiger partial charge is 0.141 e. The molecule has 0 bridgehead atoms. The van der Waals surface area contributed by atoms with Gasteiger partial charge >= 0.3 is 0 Å². The summed E-state index contributed by atoms with van der Waals surface area (Å²) in [7, 11) is 0. The van der Waals surface area contributed by atoms with Crippen LogP contribution in [0.25, 0.3) is 0 Å². The van der Waals surface area contributed by atoms with E-state index >= 15 is 0 Å². The first-order valence-corrected chi connectivity index (χ1v) is 9.63. The second-order valence-corrected chi connectivity index (χ2v) is 8.50. The van der Waals surface area contributed by atoms with Gasteiger partial charge in [0.1, 0.15) is 5.75 Å². The Morgan fingerprint density at radius 2 is 1.70 bits per heavy atom. The number of halogens is 2. The zero-order valence-electron chi connectivity index (χ0n) is 14.0. The van der Waals surface area contributed by atoms with Crippen molar-refractivity contribution in [2.75, 3.05) is 6.61 Å². The summed E-state index contributed by atoms with van der Waals surface area (Å²) in [5, 5.41) is 0. The summed E-state index contributed by atoms with van der Waals surface area (Å²) in [5.41, 5.74) is 3.84. The van der Waals surface area contributed by atoms with Crippen LogP contribution >= 0.6 is 31.9 Å². The molecule has 1 aromatic heterocycles. The van der Waals surface area contributed by atoms with E-state index in [1.807, 2.05) is 13.0 Å². The number of benzene rings is 1. The SMILES string of the molecule is CCOc1cnccc1C(Br)C(Br)c1ccc(C(C)(C)C)cc1. The maximum absolute atomic E-state index is 5.69. The number of ether oxygens (including phenoxy) is 1. The maximum Gasteiger partial charge on any atom is 0.141 e. The highest BCUT2D eigenvalue weighted by Crippen LogP contribution is 2.45. The Kier molecular flexibility index (Phi) is 6.26. The van der Waals surface area contributed by atoms with Crippen LogP contribution in [-0.2, 0) is 5.41 Å². The van der Waals surface area contributed by atoms with Gasteiger partial charge in [-0.25, -0.2) is 0 Å². The van der Waals surface area contributed by atoms with Gasteiger partial charge in [0.15, 0.2) is 0 Å². The first-order valence-electron chi connectivity index (χ1n) is 7.80. The fraction of sp³-hybridized carbons (Fsp3) is 0.421. The van der Waals surface area contributed by atoms with Gasteiger partial charge < -0.3 is 4.74 Å². The molecule has 4 heteroatoms. The Hall–Kier alpha value is -0.870. The van der Waals surface area contributed by atoms with E-state index in [0.29, 0.717) is 6.61 Å². The van der Waals surface area contributed by atoms with Crippen LogP contribution in [0.4, 0.5) is 0 Å². The van der Waals surface area contributed by atoms with Gasteiger partial charge in [0.05, 0.1) is 22.5 Å². The molecule has 2 nitrogen and oxygen atoms in total. The lowest BCUT2D eigenvalue weighted by Crippen LogP contribution is -2.11. The topological polar surface area (TPSA) is 22.1 Å². The Morgan fingerprint density at radius 3 is 2.26 bits per heavy atom. The number of rotatable bonds is 5. The van der Waals surface area contributed by atoms with E-state index in [4.69, 9.17) is 4.74 Å². The van der Waals surface area contributed by atoms with Crippen LogP contribution in [0.15, 0.2) is 42.7 Å². The minimum atomic E-state index is 0.104. The number of alkyl halides is 2. The summed E-state index contributed by atoms with van der Waals surface area (Å²) in [6, 6.07) is 10.8. The van der Waals surface area contributed by atoms with Crippen LogP contribution in [0, 0.1) is 0 Å². The summed E-state index contributed by atoms with van der Waals surface area (Å²) in [6.45, 7) is 9.30. The molecule has 2 rings (SSSR count). The molecule has 0 radical (unpaired) electrons. The monoisotopic (exact) mass is 439 g/mol. The van der Waals surface area contributed by atoms with Gasteiger partial charge in [0.25, 0.3) is 0 Å². The van der Waals surface area contributed by atoms with Crippen molar-refractivity contribution in [3.8, 4) is 5.75 Å². The number of nitrogens with zero attached hydrogens (tertiary/aromatic N) is 1. The van der Waals surface area contributed by atoms with E-state index in [9.17, 15) is 0 Å². The molecule has 124 valence electrons. The summed E-state index contributed by atoms with van der Waals surface area (Å²) in [6.07, 6.45) is 3.57. The Morgan fingerprint density at radius 1 is 1.04 bits per heavy atom. The molecule has 0 aliphatic rings. The van der Waals surface area contributed by atoms with Crippen molar-refractivity contribution in [1.29, 1.82) is 0 Å². The van der Waals surface area contributed by atoms with Crippen LogP contribution in [0.5, 0.6) is 5.75 Å². The third-order valence-electron chi connectivity index (χ3n) is 3.77. The van der Waals surface area contributed by atoms with Crippen molar-refractivity contribution in [3.63, 3.8) is 0 Å². The average Bonchev–Trinajstić information content (AvgIpc) is 2.54. The van der Waals surface area contributed by atoms with Gasteiger partial charge in [-0.15, -0.1) is 0 Å². The molecule has 2 unspecified atom stereocenters. The zero-order chi connectivity index (χ0) is 17.0. The summed E-state index contributed by atoms with van der Waals surface area (Å²) in [4.78, 5) is 4.41. The predicted molar refractivity (Wildman–Crippen MR) is 104 cm³/mol. The molecule has 2 aromatic rings. The lowest BCUT2D eigenvalue weighted by molar-refractivity contribution is 0.335.